The van der Waals surface area contributed by atoms with Gasteiger partial charge in [0.2, 0.25) is 5.91 Å². The highest BCUT2D eigenvalue weighted by Crippen LogP contribution is 2.40. The van der Waals surface area contributed by atoms with Crippen molar-refractivity contribution in [2.75, 3.05) is 6.54 Å². The summed E-state index contributed by atoms with van der Waals surface area (Å²) in [4.78, 5) is 11.4. The Kier molecular flexibility index (Phi) is 2.75. The molecule has 0 aromatic carbocycles. The van der Waals surface area contributed by atoms with Crippen LogP contribution in [0.25, 0.3) is 0 Å². The van der Waals surface area contributed by atoms with Crippen LogP contribution < -0.4 is 10.6 Å². The van der Waals surface area contributed by atoms with Gasteiger partial charge in [-0.1, -0.05) is 27.2 Å². The molecule has 2 aliphatic rings. The number of carbonyl (C=O) groups excluding carboxylic acids is 1. The third-order valence-corrected chi connectivity index (χ3v) is 4.01. The van der Waals surface area contributed by atoms with Gasteiger partial charge in [-0.15, -0.1) is 0 Å². The summed E-state index contributed by atoms with van der Waals surface area (Å²) in [5.74, 6) is 2.09. The van der Waals surface area contributed by atoms with Crippen molar-refractivity contribution in [3.05, 3.63) is 0 Å². The molecule has 2 N–H and O–H groups in total. The Morgan fingerprint density at radius 3 is 2.67 bits per heavy atom. The normalized spacial score (nSPS) is 41.2. The summed E-state index contributed by atoms with van der Waals surface area (Å²) >= 11 is 0. The molecule has 15 heavy (non-hydrogen) atoms. The Balaban J connectivity index is 2.19. The van der Waals surface area contributed by atoms with Gasteiger partial charge in [-0.25, -0.2) is 0 Å². The molecule has 1 heterocycles. The first-order valence-electron chi connectivity index (χ1n) is 6.09. The third-order valence-electron chi connectivity index (χ3n) is 4.01. The highest BCUT2D eigenvalue weighted by Gasteiger charge is 2.48. The van der Waals surface area contributed by atoms with Crippen LogP contribution >= 0.6 is 0 Å². The molecular weight excluding hydrogens is 188 g/mol. The largest absolute Gasteiger partial charge is 0.337 e. The van der Waals surface area contributed by atoms with Gasteiger partial charge in [0, 0.05) is 0 Å². The summed E-state index contributed by atoms with van der Waals surface area (Å²) in [6.07, 6.45) is 3.61. The molecule has 1 amide bonds. The molecule has 3 heteroatoms. The van der Waals surface area contributed by atoms with Crippen molar-refractivity contribution in [3.63, 3.8) is 0 Å². The average molecular weight is 210 g/mol. The van der Waals surface area contributed by atoms with E-state index in [2.05, 4.69) is 31.4 Å². The Labute approximate surface area is 92.0 Å². The molecule has 0 aromatic heterocycles. The number of rotatable bonds is 1. The zero-order chi connectivity index (χ0) is 11.1. The van der Waals surface area contributed by atoms with E-state index >= 15 is 0 Å². The van der Waals surface area contributed by atoms with E-state index in [0.29, 0.717) is 24.3 Å². The summed E-state index contributed by atoms with van der Waals surface area (Å²) in [5.41, 5.74) is -0.0943. The lowest BCUT2D eigenvalue weighted by molar-refractivity contribution is -0.119. The highest BCUT2D eigenvalue weighted by molar-refractivity contribution is 5.81. The van der Waals surface area contributed by atoms with E-state index in [1.165, 1.54) is 12.8 Å². The average Bonchev–Trinajstić information content (AvgIpc) is 2.47. The van der Waals surface area contributed by atoms with Crippen molar-refractivity contribution in [1.29, 1.82) is 0 Å². The Morgan fingerprint density at radius 2 is 2.13 bits per heavy atom. The minimum Gasteiger partial charge on any atom is -0.337 e. The molecule has 3 atom stereocenters. The van der Waals surface area contributed by atoms with E-state index in [0.717, 1.165) is 6.42 Å². The first-order valence-corrected chi connectivity index (χ1v) is 6.09. The van der Waals surface area contributed by atoms with E-state index in [1.807, 2.05) is 0 Å². The van der Waals surface area contributed by atoms with Crippen LogP contribution in [0, 0.1) is 17.8 Å². The maximum atomic E-state index is 11.4. The fourth-order valence-electron chi connectivity index (χ4n) is 3.34. The Bertz CT molecular complexity index is 264. The van der Waals surface area contributed by atoms with Crippen LogP contribution in [0.4, 0.5) is 0 Å². The number of amides is 1. The standard InChI is InChI=1S/C12H22N2O/c1-8(2)10-5-4-9(3)6-12(10)13-7-11(15)14-12/h8-10,13H,4-7H2,1-3H3,(H,14,15)/t9-,10+,12?/m1/s1. The maximum absolute atomic E-state index is 11.4. The molecule has 0 aromatic rings. The van der Waals surface area contributed by atoms with Gasteiger partial charge >= 0.3 is 0 Å². The van der Waals surface area contributed by atoms with Crippen molar-refractivity contribution in [2.45, 2.75) is 45.7 Å². The molecule has 2 fully saturated rings. The van der Waals surface area contributed by atoms with Crippen LogP contribution in [-0.4, -0.2) is 18.1 Å². The summed E-state index contributed by atoms with van der Waals surface area (Å²) in [6.45, 7) is 7.30. The summed E-state index contributed by atoms with van der Waals surface area (Å²) < 4.78 is 0. The van der Waals surface area contributed by atoms with E-state index in [4.69, 9.17) is 0 Å². The molecule has 3 nitrogen and oxygen atoms in total. The van der Waals surface area contributed by atoms with Gasteiger partial charge < -0.3 is 5.32 Å². The van der Waals surface area contributed by atoms with Gasteiger partial charge in [0.1, 0.15) is 0 Å². The monoisotopic (exact) mass is 210 g/mol. The zero-order valence-electron chi connectivity index (χ0n) is 9.97. The zero-order valence-corrected chi connectivity index (χ0v) is 9.97. The summed E-state index contributed by atoms with van der Waals surface area (Å²) in [6, 6.07) is 0. The van der Waals surface area contributed by atoms with E-state index in [1.54, 1.807) is 0 Å². The van der Waals surface area contributed by atoms with Crippen LogP contribution in [-0.2, 0) is 4.79 Å². The molecule has 2 rings (SSSR count). The van der Waals surface area contributed by atoms with Crippen LogP contribution in [0.2, 0.25) is 0 Å². The molecule has 1 aliphatic heterocycles. The number of hydrogen-bond acceptors (Lipinski definition) is 2. The van der Waals surface area contributed by atoms with Gasteiger partial charge in [-0.05, 0) is 30.6 Å². The molecule has 1 aliphatic carbocycles. The van der Waals surface area contributed by atoms with Crippen LogP contribution in [0.5, 0.6) is 0 Å². The predicted molar refractivity (Wildman–Crippen MR) is 60.2 cm³/mol. The summed E-state index contributed by atoms with van der Waals surface area (Å²) in [5, 5.41) is 6.60. The lowest BCUT2D eigenvalue weighted by Gasteiger charge is -2.45. The van der Waals surface area contributed by atoms with Crippen LogP contribution in [0.15, 0.2) is 0 Å². The SMILES string of the molecule is CC(C)[C@@H]1CC[C@@H](C)CC12NCC(=O)N2. The van der Waals surface area contributed by atoms with Gasteiger partial charge in [-0.2, -0.15) is 0 Å². The Hall–Kier alpha value is -0.570. The molecule has 1 saturated heterocycles. The topological polar surface area (TPSA) is 41.1 Å². The number of carbonyl (C=O) groups is 1. The molecule has 0 bridgehead atoms. The van der Waals surface area contributed by atoms with Gasteiger partial charge in [0.25, 0.3) is 0 Å². The van der Waals surface area contributed by atoms with Gasteiger partial charge in [-0.3, -0.25) is 10.1 Å². The lowest BCUT2D eigenvalue weighted by atomic mass is 9.70. The fourth-order valence-corrected chi connectivity index (χ4v) is 3.34. The van der Waals surface area contributed by atoms with Crippen LogP contribution in [0.1, 0.15) is 40.0 Å². The molecule has 1 unspecified atom stereocenters. The first kappa shape index (κ1) is 10.9. The van der Waals surface area contributed by atoms with Crippen molar-refractivity contribution < 1.29 is 4.79 Å². The molecule has 1 saturated carbocycles. The predicted octanol–water partition coefficient (Wildman–Crippen LogP) is 1.49. The molecule has 86 valence electrons. The molecular formula is C12H22N2O. The summed E-state index contributed by atoms with van der Waals surface area (Å²) in [7, 11) is 0. The molecule has 0 radical (unpaired) electrons. The minimum absolute atomic E-state index is 0.0943. The first-order chi connectivity index (χ1) is 7.03. The van der Waals surface area contributed by atoms with Crippen LogP contribution in [0.3, 0.4) is 0 Å². The molecule has 1 spiro atoms. The van der Waals surface area contributed by atoms with E-state index < -0.39 is 0 Å². The lowest BCUT2D eigenvalue weighted by Crippen LogP contribution is -2.59. The maximum Gasteiger partial charge on any atom is 0.235 e. The van der Waals surface area contributed by atoms with Crippen molar-refractivity contribution in [3.8, 4) is 0 Å². The third kappa shape index (κ3) is 1.89. The van der Waals surface area contributed by atoms with Gasteiger partial charge in [0.05, 0.1) is 12.2 Å². The van der Waals surface area contributed by atoms with Crippen molar-refractivity contribution in [1.82, 2.24) is 10.6 Å². The van der Waals surface area contributed by atoms with Gasteiger partial charge in [0.15, 0.2) is 0 Å². The minimum atomic E-state index is -0.0943. The second kappa shape index (κ2) is 3.78. The quantitative estimate of drug-likeness (QED) is 0.688. The number of nitrogens with one attached hydrogen (secondary N) is 2. The van der Waals surface area contributed by atoms with E-state index in [-0.39, 0.29) is 11.6 Å². The smallest absolute Gasteiger partial charge is 0.235 e. The van der Waals surface area contributed by atoms with Crippen molar-refractivity contribution >= 4 is 5.91 Å². The second-order valence-corrected chi connectivity index (χ2v) is 5.61. The number of hydrogen-bond donors (Lipinski definition) is 2. The fraction of sp³-hybridized carbons (Fsp3) is 0.917. The second-order valence-electron chi connectivity index (χ2n) is 5.61. The van der Waals surface area contributed by atoms with Crippen molar-refractivity contribution in [2.24, 2.45) is 17.8 Å². The Morgan fingerprint density at radius 1 is 1.40 bits per heavy atom. The highest BCUT2D eigenvalue weighted by atomic mass is 16.2. The van der Waals surface area contributed by atoms with E-state index in [9.17, 15) is 4.79 Å².